The Kier molecular flexibility index (Phi) is 6.62. The fraction of sp³-hybridized carbons (Fsp3) is 0.450. The number of likely N-dealkylation sites (tertiary alicyclic amines) is 1. The average molecular weight is 386 g/mol. The van der Waals surface area contributed by atoms with Gasteiger partial charge in [-0.3, -0.25) is 4.79 Å². The number of primary amides is 1. The van der Waals surface area contributed by atoms with E-state index in [1.807, 2.05) is 13.0 Å². The van der Waals surface area contributed by atoms with Gasteiger partial charge in [0.05, 0.1) is 18.6 Å². The van der Waals surface area contributed by atoms with Gasteiger partial charge in [0.1, 0.15) is 5.82 Å². The second-order valence-electron chi connectivity index (χ2n) is 7.05. The average Bonchev–Trinajstić information content (AvgIpc) is 3.19. The Labute approximate surface area is 164 Å². The molecule has 8 heteroatoms. The number of rotatable bonds is 6. The van der Waals surface area contributed by atoms with Gasteiger partial charge in [-0.1, -0.05) is 6.07 Å². The number of piperidine rings is 1. The highest BCUT2D eigenvalue weighted by Gasteiger charge is 2.23. The number of nitrogens with zero attached hydrogens (tertiary/aromatic N) is 4. The van der Waals surface area contributed by atoms with Crippen LogP contribution in [0.25, 0.3) is 5.69 Å². The lowest BCUT2D eigenvalue weighted by Gasteiger charge is -2.34. The van der Waals surface area contributed by atoms with Crippen molar-refractivity contribution >= 4 is 11.9 Å². The smallest absolute Gasteiger partial charge is 0.217 e. The topological polar surface area (TPSA) is 88.5 Å². The molecule has 1 atom stereocenters. The van der Waals surface area contributed by atoms with Gasteiger partial charge < -0.3 is 20.5 Å². The van der Waals surface area contributed by atoms with Gasteiger partial charge in [0.2, 0.25) is 5.91 Å². The molecule has 1 aliphatic heterocycles. The Morgan fingerprint density at radius 1 is 1.46 bits per heavy atom. The summed E-state index contributed by atoms with van der Waals surface area (Å²) >= 11 is 0. The van der Waals surface area contributed by atoms with Crippen LogP contribution in [0.5, 0.6) is 0 Å². The molecule has 150 valence electrons. The Bertz CT molecular complexity index is 820. The van der Waals surface area contributed by atoms with Crippen molar-refractivity contribution in [3.8, 4) is 5.69 Å². The van der Waals surface area contributed by atoms with Crippen LogP contribution in [-0.2, 0) is 11.3 Å². The number of guanidine groups is 1. The lowest BCUT2D eigenvalue weighted by Crippen LogP contribution is -2.47. The highest BCUT2D eigenvalue weighted by molar-refractivity contribution is 5.80. The number of aliphatic imine (C=N–C) groups is 1. The predicted molar refractivity (Wildman–Crippen MR) is 106 cm³/mol. The SMILES string of the molecule is CCNC(=NCc1ccc(-n2ccnc2)c(F)c1)N1CCCC(CC(N)=O)C1. The molecule has 1 aliphatic rings. The lowest BCUT2D eigenvalue weighted by molar-refractivity contribution is -0.119. The summed E-state index contributed by atoms with van der Waals surface area (Å²) in [5, 5.41) is 3.30. The first-order valence-corrected chi connectivity index (χ1v) is 9.65. The van der Waals surface area contributed by atoms with E-state index in [4.69, 9.17) is 5.73 Å². The van der Waals surface area contributed by atoms with Crippen molar-refractivity contribution in [1.82, 2.24) is 19.8 Å². The second kappa shape index (κ2) is 9.34. The number of aromatic nitrogens is 2. The van der Waals surface area contributed by atoms with Crippen molar-refractivity contribution < 1.29 is 9.18 Å². The molecular weight excluding hydrogens is 359 g/mol. The molecule has 1 unspecified atom stereocenters. The molecule has 7 nitrogen and oxygen atoms in total. The molecule has 3 rings (SSSR count). The maximum absolute atomic E-state index is 14.4. The number of hydrogen-bond donors (Lipinski definition) is 2. The van der Waals surface area contributed by atoms with Crippen molar-refractivity contribution in [3.05, 3.63) is 48.3 Å². The van der Waals surface area contributed by atoms with E-state index in [1.165, 1.54) is 6.07 Å². The van der Waals surface area contributed by atoms with E-state index < -0.39 is 0 Å². The Hall–Kier alpha value is -2.90. The predicted octanol–water partition coefficient (Wildman–Crippen LogP) is 2.06. The molecule has 1 fully saturated rings. The number of halogens is 1. The zero-order chi connectivity index (χ0) is 19.9. The number of carbonyl (C=O) groups excluding carboxylic acids is 1. The second-order valence-corrected chi connectivity index (χ2v) is 7.05. The number of hydrogen-bond acceptors (Lipinski definition) is 3. The molecule has 28 heavy (non-hydrogen) atoms. The van der Waals surface area contributed by atoms with E-state index in [1.54, 1.807) is 29.4 Å². The maximum atomic E-state index is 14.4. The van der Waals surface area contributed by atoms with E-state index in [2.05, 4.69) is 20.2 Å². The summed E-state index contributed by atoms with van der Waals surface area (Å²) in [5.41, 5.74) is 6.61. The number of benzene rings is 1. The summed E-state index contributed by atoms with van der Waals surface area (Å²) in [4.78, 5) is 22.0. The van der Waals surface area contributed by atoms with Crippen molar-refractivity contribution in [1.29, 1.82) is 0 Å². The zero-order valence-electron chi connectivity index (χ0n) is 16.1. The standard InChI is InChI=1S/C20H27FN6O/c1-2-24-20(26-8-3-4-16(13-26)11-19(22)28)25-12-15-5-6-18(17(21)10-15)27-9-7-23-14-27/h5-7,9-10,14,16H,2-4,8,11-13H2,1H3,(H2,22,28)(H,24,25). The van der Waals surface area contributed by atoms with Crippen molar-refractivity contribution in [2.45, 2.75) is 32.7 Å². The molecule has 0 aliphatic carbocycles. The number of imidazole rings is 1. The van der Waals surface area contributed by atoms with Gasteiger partial charge in [-0.25, -0.2) is 14.4 Å². The van der Waals surface area contributed by atoms with Crippen LogP contribution >= 0.6 is 0 Å². The summed E-state index contributed by atoms with van der Waals surface area (Å²) < 4.78 is 16.1. The zero-order valence-corrected chi connectivity index (χ0v) is 16.1. The summed E-state index contributed by atoms with van der Waals surface area (Å²) in [6.07, 6.45) is 7.29. The molecule has 1 amide bonds. The third-order valence-electron chi connectivity index (χ3n) is 4.85. The monoisotopic (exact) mass is 386 g/mol. The van der Waals surface area contributed by atoms with Gasteiger partial charge in [0, 0.05) is 38.4 Å². The molecule has 0 radical (unpaired) electrons. The van der Waals surface area contributed by atoms with Gasteiger partial charge in [-0.05, 0) is 43.4 Å². The normalized spacial score (nSPS) is 17.6. The van der Waals surface area contributed by atoms with Gasteiger partial charge in [-0.15, -0.1) is 0 Å². The maximum Gasteiger partial charge on any atom is 0.217 e. The van der Waals surface area contributed by atoms with E-state index in [-0.39, 0.29) is 17.6 Å². The van der Waals surface area contributed by atoms with Crippen LogP contribution in [0.1, 0.15) is 31.7 Å². The number of amides is 1. The van der Waals surface area contributed by atoms with Gasteiger partial charge in [-0.2, -0.15) is 0 Å². The molecular formula is C20H27FN6O. The van der Waals surface area contributed by atoms with Crippen molar-refractivity contribution in [2.24, 2.45) is 16.6 Å². The Balaban J connectivity index is 1.70. The Morgan fingerprint density at radius 2 is 2.32 bits per heavy atom. The van der Waals surface area contributed by atoms with Gasteiger partial charge in [0.25, 0.3) is 0 Å². The molecule has 0 spiro atoms. The van der Waals surface area contributed by atoms with Crippen LogP contribution < -0.4 is 11.1 Å². The quantitative estimate of drug-likeness (QED) is 0.588. The first-order valence-electron chi connectivity index (χ1n) is 9.65. The minimum absolute atomic E-state index is 0.252. The van der Waals surface area contributed by atoms with Gasteiger partial charge in [0.15, 0.2) is 5.96 Å². The third-order valence-corrected chi connectivity index (χ3v) is 4.85. The van der Waals surface area contributed by atoms with Crippen LogP contribution in [0, 0.1) is 11.7 Å². The molecule has 0 bridgehead atoms. The first-order chi connectivity index (χ1) is 13.6. The summed E-state index contributed by atoms with van der Waals surface area (Å²) in [7, 11) is 0. The van der Waals surface area contributed by atoms with E-state index in [9.17, 15) is 9.18 Å². The van der Waals surface area contributed by atoms with Crippen LogP contribution in [0.4, 0.5) is 4.39 Å². The largest absolute Gasteiger partial charge is 0.370 e. The first kappa shape index (κ1) is 19.9. The summed E-state index contributed by atoms with van der Waals surface area (Å²) in [5.74, 6) is 0.468. The van der Waals surface area contributed by atoms with E-state index in [0.29, 0.717) is 18.7 Å². The van der Waals surface area contributed by atoms with Crippen LogP contribution in [0.15, 0.2) is 41.9 Å². The number of carbonyl (C=O) groups is 1. The minimum atomic E-state index is -0.310. The fourth-order valence-electron chi connectivity index (χ4n) is 3.56. The fourth-order valence-corrected chi connectivity index (χ4v) is 3.56. The molecule has 1 aromatic heterocycles. The molecule has 0 saturated carbocycles. The Morgan fingerprint density at radius 3 is 3.00 bits per heavy atom. The number of nitrogens with one attached hydrogen (secondary N) is 1. The van der Waals surface area contributed by atoms with Crippen molar-refractivity contribution in [3.63, 3.8) is 0 Å². The van der Waals surface area contributed by atoms with E-state index in [0.717, 1.165) is 44.0 Å². The minimum Gasteiger partial charge on any atom is -0.370 e. The van der Waals surface area contributed by atoms with Crippen LogP contribution in [-0.4, -0.2) is 46.0 Å². The summed E-state index contributed by atoms with van der Waals surface area (Å²) in [6.45, 7) is 4.77. The molecule has 2 aromatic rings. The molecule has 2 heterocycles. The summed E-state index contributed by atoms with van der Waals surface area (Å²) in [6, 6.07) is 5.12. The molecule has 3 N–H and O–H groups in total. The van der Waals surface area contributed by atoms with Crippen LogP contribution in [0.2, 0.25) is 0 Å². The third kappa shape index (κ3) is 5.09. The number of nitrogens with two attached hydrogens (primary N) is 1. The lowest BCUT2D eigenvalue weighted by atomic mass is 9.95. The van der Waals surface area contributed by atoms with Crippen molar-refractivity contribution in [2.75, 3.05) is 19.6 Å². The molecule has 1 aromatic carbocycles. The van der Waals surface area contributed by atoms with Crippen LogP contribution in [0.3, 0.4) is 0 Å². The molecule has 1 saturated heterocycles. The van der Waals surface area contributed by atoms with E-state index >= 15 is 0 Å². The highest BCUT2D eigenvalue weighted by atomic mass is 19.1. The highest BCUT2D eigenvalue weighted by Crippen LogP contribution is 2.20. The van der Waals surface area contributed by atoms with Gasteiger partial charge >= 0.3 is 0 Å².